The lowest BCUT2D eigenvalue weighted by Gasteiger charge is -2.29. The molecule has 0 radical (unpaired) electrons. The van der Waals surface area contributed by atoms with Crippen LogP contribution in [0.2, 0.25) is 0 Å². The summed E-state index contributed by atoms with van der Waals surface area (Å²) in [5.74, 6) is 0.284. The highest BCUT2D eigenvalue weighted by molar-refractivity contribution is 5.97. The van der Waals surface area contributed by atoms with Crippen molar-refractivity contribution in [2.75, 3.05) is 5.32 Å². The number of oxazole rings is 1. The molecule has 2 aromatic heterocycles. The number of furan rings is 1. The number of benzene rings is 2. The van der Waals surface area contributed by atoms with Crippen molar-refractivity contribution in [1.82, 2.24) is 9.88 Å². The van der Waals surface area contributed by atoms with E-state index in [9.17, 15) is 9.59 Å². The number of carbonyl (C=O) groups is 2. The van der Waals surface area contributed by atoms with E-state index in [0.29, 0.717) is 18.0 Å². The molecule has 0 bridgehead atoms. The largest absolute Gasteiger partial charge is 0.461 e. The maximum Gasteiger partial charge on any atom is 0.277 e. The van der Waals surface area contributed by atoms with Gasteiger partial charge >= 0.3 is 0 Å². The van der Waals surface area contributed by atoms with Crippen LogP contribution in [0.1, 0.15) is 41.5 Å². The van der Waals surface area contributed by atoms with Crippen molar-refractivity contribution in [2.45, 2.75) is 26.4 Å². The number of nitrogens with one attached hydrogen (secondary N) is 1. The molecule has 1 unspecified atom stereocenters. The summed E-state index contributed by atoms with van der Waals surface area (Å²) in [6.45, 7) is 3.78. The smallest absolute Gasteiger partial charge is 0.277 e. The third-order valence-corrected chi connectivity index (χ3v) is 5.13. The molecule has 0 spiro atoms. The van der Waals surface area contributed by atoms with Crippen LogP contribution in [-0.4, -0.2) is 21.7 Å². The number of rotatable bonds is 7. The van der Waals surface area contributed by atoms with Gasteiger partial charge in [-0.2, -0.15) is 0 Å². The third-order valence-electron chi connectivity index (χ3n) is 5.13. The Bertz CT molecular complexity index is 1200. The topological polar surface area (TPSA) is 88.6 Å². The summed E-state index contributed by atoms with van der Waals surface area (Å²) in [7, 11) is 0. The highest BCUT2D eigenvalue weighted by Crippen LogP contribution is 2.30. The van der Waals surface area contributed by atoms with E-state index in [4.69, 9.17) is 8.83 Å². The minimum absolute atomic E-state index is 0.155. The lowest BCUT2D eigenvalue weighted by atomic mass is 10.0. The monoisotopic (exact) mass is 429 g/mol. The van der Waals surface area contributed by atoms with Crippen molar-refractivity contribution in [3.8, 4) is 11.5 Å². The van der Waals surface area contributed by atoms with Crippen LogP contribution in [-0.2, 0) is 11.3 Å². The second-order valence-corrected chi connectivity index (χ2v) is 7.41. The van der Waals surface area contributed by atoms with Crippen molar-refractivity contribution >= 4 is 17.5 Å². The number of nitrogens with zero attached hydrogens (tertiary/aromatic N) is 2. The Morgan fingerprint density at radius 2 is 1.84 bits per heavy atom. The zero-order chi connectivity index (χ0) is 22.5. The Kier molecular flexibility index (Phi) is 6.17. The predicted molar refractivity (Wildman–Crippen MR) is 120 cm³/mol. The van der Waals surface area contributed by atoms with E-state index in [0.717, 1.165) is 11.1 Å². The number of anilines is 1. The fraction of sp³-hybridized carbons (Fsp3) is 0.160. The molecule has 0 saturated carbocycles. The standard InChI is InChI=1S/C25H23N3O4/c1-17(20-10-6-11-21(14-20)27-18(2)29)28(15-19-8-4-3-5-9-19)25(30)23-24(32-16-26-23)22-12-7-13-31-22/h3-14,16-17H,15H2,1-2H3,(H,27,29). The van der Waals surface area contributed by atoms with Crippen LogP contribution in [0.5, 0.6) is 0 Å². The summed E-state index contributed by atoms with van der Waals surface area (Å²) >= 11 is 0. The molecule has 4 aromatic rings. The van der Waals surface area contributed by atoms with Crippen molar-refractivity contribution < 1.29 is 18.4 Å². The Morgan fingerprint density at radius 1 is 1.03 bits per heavy atom. The van der Waals surface area contributed by atoms with Crippen molar-refractivity contribution in [1.29, 1.82) is 0 Å². The number of hydrogen-bond acceptors (Lipinski definition) is 5. The van der Waals surface area contributed by atoms with E-state index < -0.39 is 0 Å². The molecule has 2 heterocycles. The molecule has 32 heavy (non-hydrogen) atoms. The van der Waals surface area contributed by atoms with Crippen molar-refractivity contribution in [3.05, 3.63) is 96.2 Å². The van der Waals surface area contributed by atoms with Gasteiger partial charge in [0.2, 0.25) is 11.7 Å². The lowest BCUT2D eigenvalue weighted by Crippen LogP contribution is -2.33. The molecule has 1 atom stereocenters. The average Bonchev–Trinajstić information content (AvgIpc) is 3.49. The summed E-state index contributed by atoms with van der Waals surface area (Å²) < 4.78 is 10.9. The van der Waals surface area contributed by atoms with Gasteiger partial charge in [0.15, 0.2) is 17.8 Å². The van der Waals surface area contributed by atoms with Crippen molar-refractivity contribution in [2.24, 2.45) is 0 Å². The van der Waals surface area contributed by atoms with Crippen LogP contribution < -0.4 is 5.32 Å². The van der Waals surface area contributed by atoms with Gasteiger partial charge in [-0.3, -0.25) is 9.59 Å². The fourth-order valence-electron chi connectivity index (χ4n) is 3.54. The quantitative estimate of drug-likeness (QED) is 0.431. The average molecular weight is 429 g/mol. The SMILES string of the molecule is CC(=O)Nc1cccc(C(C)N(Cc2ccccc2)C(=O)c2ncoc2-c2ccco2)c1. The molecule has 162 valence electrons. The first-order valence-electron chi connectivity index (χ1n) is 10.2. The van der Waals surface area contributed by atoms with Crippen molar-refractivity contribution in [3.63, 3.8) is 0 Å². The minimum atomic E-state index is -0.308. The van der Waals surface area contributed by atoms with Gasteiger partial charge in [0, 0.05) is 19.2 Å². The van der Waals surface area contributed by atoms with Gasteiger partial charge in [-0.25, -0.2) is 4.98 Å². The van der Waals surface area contributed by atoms with Crippen LogP contribution in [0.15, 0.2) is 88.2 Å². The molecule has 2 aromatic carbocycles. The number of hydrogen-bond donors (Lipinski definition) is 1. The summed E-state index contributed by atoms with van der Waals surface area (Å²) in [5, 5.41) is 2.79. The fourth-order valence-corrected chi connectivity index (χ4v) is 3.54. The predicted octanol–water partition coefficient (Wildman–Crippen LogP) is 5.30. The maximum absolute atomic E-state index is 13.7. The van der Waals surface area contributed by atoms with Crippen LogP contribution in [0.3, 0.4) is 0 Å². The first-order chi connectivity index (χ1) is 15.5. The Labute approximate surface area is 185 Å². The Hall–Kier alpha value is -4.13. The van der Waals surface area contributed by atoms with Gasteiger partial charge in [0.1, 0.15) is 0 Å². The molecule has 2 amide bonds. The van der Waals surface area contributed by atoms with E-state index >= 15 is 0 Å². The highest BCUT2D eigenvalue weighted by Gasteiger charge is 2.29. The number of aromatic nitrogens is 1. The molecule has 0 aliphatic carbocycles. The van der Waals surface area contributed by atoms with Gasteiger partial charge < -0.3 is 19.1 Å². The molecule has 7 heteroatoms. The molecule has 0 aliphatic heterocycles. The maximum atomic E-state index is 13.7. The molecule has 0 aliphatic rings. The molecular formula is C25H23N3O4. The number of amides is 2. The van der Waals surface area contributed by atoms with Gasteiger partial charge in [-0.15, -0.1) is 0 Å². The van der Waals surface area contributed by atoms with Crippen LogP contribution in [0.4, 0.5) is 5.69 Å². The molecule has 0 saturated heterocycles. The summed E-state index contributed by atoms with van der Waals surface area (Å²) in [6, 6.07) is 20.3. The molecular weight excluding hydrogens is 406 g/mol. The van der Waals surface area contributed by atoms with Crippen LogP contribution >= 0.6 is 0 Å². The third kappa shape index (κ3) is 4.62. The Balaban J connectivity index is 1.70. The van der Waals surface area contributed by atoms with Gasteiger partial charge in [0.25, 0.3) is 5.91 Å². The number of carbonyl (C=O) groups excluding carboxylic acids is 2. The summed E-state index contributed by atoms with van der Waals surface area (Å²) in [6.07, 6.45) is 2.76. The molecule has 1 N–H and O–H groups in total. The minimum Gasteiger partial charge on any atom is -0.461 e. The normalized spacial score (nSPS) is 11.7. The Morgan fingerprint density at radius 3 is 2.56 bits per heavy atom. The first kappa shape index (κ1) is 21.1. The highest BCUT2D eigenvalue weighted by atomic mass is 16.4. The van der Waals surface area contributed by atoms with Gasteiger partial charge in [0.05, 0.1) is 12.3 Å². The van der Waals surface area contributed by atoms with Crippen LogP contribution in [0, 0.1) is 0 Å². The van der Waals surface area contributed by atoms with E-state index in [2.05, 4.69) is 10.3 Å². The lowest BCUT2D eigenvalue weighted by molar-refractivity contribution is -0.114. The zero-order valence-electron chi connectivity index (χ0n) is 17.8. The van der Waals surface area contributed by atoms with E-state index in [1.54, 1.807) is 17.0 Å². The second kappa shape index (κ2) is 9.34. The van der Waals surface area contributed by atoms with E-state index in [1.165, 1.54) is 19.6 Å². The molecule has 0 fully saturated rings. The first-order valence-corrected chi connectivity index (χ1v) is 10.2. The summed E-state index contributed by atoms with van der Waals surface area (Å²) in [5.41, 5.74) is 2.71. The molecule has 7 nitrogen and oxygen atoms in total. The van der Waals surface area contributed by atoms with Gasteiger partial charge in [-0.05, 0) is 42.3 Å². The second-order valence-electron chi connectivity index (χ2n) is 7.41. The van der Waals surface area contributed by atoms with E-state index in [-0.39, 0.29) is 29.3 Å². The van der Waals surface area contributed by atoms with E-state index in [1.807, 2.05) is 61.5 Å². The summed E-state index contributed by atoms with van der Waals surface area (Å²) in [4.78, 5) is 31.1. The van der Waals surface area contributed by atoms with Gasteiger partial charge in [-0.1, -0.05) is 42.5 Å². The molecule has 4 rings (SSSR count). The van der Waals surface area contributed by atoms with Crippen LogP contribution in [0.25, 0.3) is 11.5 Å². The zero-order valence-corrected chi connectivity index (χ0v) is 17.8.